The van der Waals surface area contributed by atoms with Crippen LogP contribution in [0.5, 0.6) is 0 Å². The quantitative estimate of drug-likeness (QED) is 0.811. The standard InChI is InChI=1S/C16H20N4O2S/c1-2-20(10-16(21)22)12-6-11(7-12)18-15-9-17-8-13(19-15)14-4-3-5-23-14/h3-5,8-9,11-12H,2,6-7,10H2,1H3,(H,18,19)(H,21,22). The summed E-state index contributed by atoms with van der Waals surface area (Å²) in [5.74, 6) is 0.0124. The summed E-state index contributed by atoms with van der Waals surface area (Å²) >= 11 is 1.64. The van der Waals surface area contributed by atoms with E-state index in [0.717, 1.165) is 35.8 Å². The first-order chi connectivity index (χ1) is 11.2. The minimum absolute atomic E-state index is 0.113. The van der Waals surface area contributed by atoms with Crippen LogP contribution in [0.1, 0.15) is 19.8 Å². The summed E-state index contributed by atoms with van der Waals surface area (Å²) in [4.78, 5) is 22.8. The average Bonchev–Trinajstić information content (AvgIpc) is 3.03. The van der Waals surface area contributed by atoms with Crippen molar-refractivity contribution in [3.05, 3.63) is 29.9 Å². The van der Waals surface area contributed by atoms with Crippen molar-refractivity contribution in [2.24, 2.45) is 0 Å². The number of rotatable bonds is 7. The SMILES string of the molecule is CCN(CC(=O)O)C1CC(Nc2cncc(-c3cccs3)n2)C1. The lowest BCUT2D eigenvalue weighted by Crippen LogP contribution is -2.51. The number of hydrogen-bond donors (Lipinski definition) is 2. The van der Waals surface area contributed by atoms with Crippen LogP contribution in [-0.4, -0.2) is 51.1 Å². The van der Waals surface area contributed by atoms with E-state index in [1.165, 1.54) is 0 Å². The minimum Gasteiger partial charge on any atom is -0.480 e. The largest absolute Gasteiger partial charge is 0.480 e. The Labute approximate surface area is 139 Å². The lowest BCUT2D eigenvalue weighted by atomic mass is 9.85. The van der Waals surface area contributed by atoms with Crippen molar-refractivity contribution in [1.82, 2.24) is 14.9 Å². The summed E-state index contributed by atoms with van der Waals surface area (Å²) in [7, 11) is 0. The number of hydrogen-bond acceptors (Lipinski definition) is 6. The van der Waals surface area contributed by atoms with Crippen LogP contribution in [0.2, 0.25) is 0 Å². The van der Waals surface area contributed by atoms with Crippen LogP contribution in [0.25, 0.3) is 10.6 Å². The monoisotopic (exact) mass is 332 g/mol. The van der Waals surface area contributed by atoms with Crippen LogP contribution < -0.4 is 5.32 Å². The molecule has 0 radical (unpaired) electrons. The average molecular weight is 332 g/mol. The molecule has 1 aliphatic rings. The van der Waals surface area contributed by atoms with Crippen molar-refractivity contribution in [3.63, 3.8) is 0 Å². The van der Waals surface area contributed by atoms with E-state index in [1.54, 1.807) is 23.7 Å². The first-order valence-corrected chi connectivity index (χ1v) is 8.62. The van der Waals surface area contributed by atoms with Crippen LogP contribution >= 0.6 is 11.3 Å². The molecule has 2 heterocycles. The zero-order chi connectivity index (χ0) is 16.2. The topological polar surface area (TPSA) is 78.4 Å². The Hall–Kier alpha value is -1.99. The second kappa shape index (κ2) is 7.06. The third kappa shape index (κ3) is 3.86. The number of aromatic nitrogens is 2. The Morgan fingerprint density at radius 1 is 1.48 bits per heavy atom. The number of nitrogens with zero attached hydrogens (tertiary/aromatic N) is 3. The van der Waals surface area contributed by atoms with Gasteiger partial charge in [-0.15, -0.1) is 11.3 Å². The lowest BCUT2D eigenvalue weighted by molar-refractivity contribution is -0.139. The maximum Gasteiger partial charge on any atom is 0.317 e. The Balaban J connectivity index is 1.56. The van der Waals surface area contributed by atoms with Crippen LogP contribution in [0, 0.1) is 0 Å². The molecule has 6 nitrogen and oxygen atoms in total. The van der Waals surface area contributed by atoms with Gasteiger partial charge in [-0.3, -0.25) is 14.7 Å². The summed E-state index contributed by atoms with van der Waals surface area (Å²) in [6.45, 7) is 2.87. The van der Waals surface area contributed by atoms with E-state index in [1.807, 2.05) is 29.3 Å². The van der Waals surface area contributed by atoms with Gasteiger partial charge in [0.25, 0.3) is 0 Å². The fourth-order valence-corrected chi connectivity index (χ4v) is 3.54. The summed E-state index contributed by atoms with van der Waals surface area (Å²) in [5, 5.41) is 14.4. The number of carboxylic acid groups (broad SMARTS) is 1. The fraction of sp³-hybridized carbons (Fsp3) is 0.438. The minimum atomic E-state index is -0.766. The molecule has 0 bridgehead atoms. The smallest absolute Gasteiger partial charge is 0.317 e. The summed E-state index contributed by atoms with van der Waals surface area (Å²) in [5.41, 5.74) is 0.877. The highest BCUT2D eigenvalue weighted by Gasteiger charge is 2.33. The van der Waals surface area contributed by atoms with E-state index in [2.05, 4.69) is 15.3 Å². The molecule has 0 unspecified atom stereocenters. The molecule has 0 atom stereocenters. The van der Waals surface area contributed by atoms with Crippen molar-refractivity contribution in [2.75, 3.05) is 18.4 Å². The van der Waals surface area contributed by atoms with Gasteiger partial charge in [-0.25, -0.2) is 4.98 Å². The molecule has 0 amide bonds. The summed E-state index contributed by atoms with van der Waals surface area (Å²) in [6.07, 6.45) is 5.38. The highest BCUT2D eigenvalue weighted by molar-refractivity contribution is 7.13. The van der Waals surface area contributed by atoms with Crippen LogP contribution in [-0.2, 0) is 4.79 Å². The Kier molecular flexibility index (Phi) is 4.88. The maximum atomic E-state index is 10.9. The van der Waals surface area contributed by atoms with Crippen molar-refractivity contribution < 1.29 is 9.90 Å². The molecule has 2 N–H and O–H groups in total. The molecule has 23 heavy (non-hydrogen) atoms. The van der Waals surface area contributed by atoms with Crippen LogP contribution in [0.3, 0.4) is 0 Å². The number of nitrogens with one attached hydrogen (secondary N) is 1. The van der Waals surface area contributed by atoms with E-state index in [9.17, 15) is 4.79 Å². The third-order valence-corrected chi connectivity index (χ3v) is 5.03. The van der Waals surface area contributed by atoms with Gasteiger partial charge in [0, 0.05) is 12.1 Å². The van der Waals surface area contributed by atoms with Gasteiger partial charge in [0.15, 0.2) is 0 Å². The van der Waals surface area contributed by atoms with Crippen LogP contribution in [0.15, 0.2) is 29.9 Å². The van der Waals surface area contributed by atoms with E-state index in [-0.39, 0.29) is 6.54 Å². The number of carboxylic acids is 1. The normalized spacial score (nSPS) is 20.3. The van der Waals surface area contributed by atoms with Gasteiger partial charge in [0.05, 0.1) is 23.8 Å². The zero-order valence-corrected chi connectivity index (χ0v) is 13.8. The molecule has 2 aromatic heterocycles. The van der Waals surface area contributed by atoms with E-state index in [0.29, 0.717) is 12.1 Å². The predicted octanol–water partition coefficient (Wildman–Crippen LogP) is 2.55. The second-order valence-corrected chi connectivity index (χ2v) is 6.64. The van der Waals surface area contributed by atoms with Gasteiger partial charge >= 0.3 is 5.97 Å². The van der Waals surface area contributed by atoms with Crippen LogP contribution in [0.4, 0.5) is 5.82 Å². The second-order valence-electron chi connectivity index (χ2n) is 5.69. The summed E-state index contributed by atoms with van der Waals surface area (Å²) in [6, 6.07) is 4.70. The Morgan fingerprint density at radius 3 is 2.96 bits per heavy atom. The third-order valence-electron chi connectivity index (χ3n) is 4.13. The molecule has 122 valence electrons. The molecule has 7 heteroatoms. The first-order valence-electron chi connectivity index (χ1n) is 7.74. The molecular formula is C16H20N4O2S. The number of carbonyl (C=O) groups is 1. The first kappa shape index (κ1) is 15.9. The van der Waals surface area contributed by atoms with E-state index < -0.39 is 5.97 Å². The van der Waals surface area contributed by atoms with E-state index in [4.69, 9.17) is 5.11 Å². The summed E-state index contributed by atoms with van der Waals surface area (Å²) < 4.78 is 0. The molecule has 0 aliphatic heterocycles. The van der Waals surface area contributed by atoms with E-state index >= 15 is 0 Å². The number of thiophene rings is 1. The van der Waals surface area contributed by atoms with Gasteiger partial charge < -0.3 is 10.4 Å². The van der Waals surface area contributed by atoms with Crippen molar-refractivity contribution in [1.29, 1.82) is 0 Å². The number of anilines is 1. The highest BCUT2D eigenvalue weighted by atomic mass is 32.1. The van der Waals surface area contributed by atoms with Gasteiger partial charge in [-0.05, 0) is 30.8 Å². The van der Waals surface area contributed by atoms with Gasteiger partial charge in [-0.2, -0.15) is 0 Å². The fourth-order valence-electron chi connectivity index (χ4n) is 2.86. The molecule has 2 aromatic rings. The maximum absolute atomic E-state index is 10.9. The Bertz CT molecular complexity index is 656. The predicted molar refractivity (Wildman–Crippen MR) is 90.7 cm³/mol. The molecule has 3 rings (SSSR count). The molecular weight excluding hydrogens is 312 g/mol. The number of aliphatic carboxylic acids is 1. The Morgan fingerprint density at radius 2 is 2.30 bits per heavy atom. The molecule has 1 saturated carbocycles. The molecule has 1 aliphatic carbocycles. The molecule has 0 saturated heterocycles. The number of likely N-dealkylation sites (N-methyl/N-ethyl adjacent to an activating group) is 1. The molecule has 0 spiro atoms. The lowest BCUT2D eigenvalue weighted by Gasteiger charge is -2.42. The van der Waals surface area contributed by atoms with Crippen molar-refractivity contribution >= 4 is 23.1 Å². The van der Waals surface area contributed by atoms with Gasteiger partial charge in [-0.1, -0.05) is 13.0 Å². The highest BCUT2D eigenvalue weighted by Crippen LogP contribution is 2.29. The van der Waals surface area contributed by atoms with Crippen molar-refractivity contribution in [2.45, 2.75) is 31.8 Å². The van der Waals surface area contributed by atoms with Crippen molar-refractivity contribution in [3.8, 4) is 10.6 Å². The molecule has 1 fully saturated rings. The van der Waals surface area contributed by atoms with Gasteiger partial charge in [0.1, 0.15) is 11.5 Å². The molecule has 0 aromatic carbocycles. The zero-order valence-electron chi connectivity index (χ0n) is 13.0. The van der Waals surface area contributed by atoms with Gasteiger partial charge in [0.2, 0.25) is 0 Å².